The number of carbonyl (C=O) groups excluding carboxylic acids is 1. The van der Waals surface area contributed by atoms with Crippen molar-refractivity contribution in [3.05, 3.63) is 59.7 Å². The molecule has 2 rings (SSSR count). The van der Waals surface area contributed by atoms with E-state index in [0.29, 0.717) is 13.1 Å². The Balaban J connectivity index is 1.80. The van der Waals surface area contributed by atoms with E-state index < -0.39 is 0 Å². The molecule has 2 amide bonds. The summed E-state index contributed by atoms with van der Waals surface area (Å²) in [5, 5.41) is 5.67. The summed E-state index contributed by atoms with van der Waals surface area (Å²) in [5.41, 5.74) is 2.06. The first-order valence-corrected chi connectivity index (χ1v) is 7.49. The summed E-state index contributed by atoms with van der Waals surface area (Å²) in [4.78, 5) is 11.9. The van der Waals surface area contributed by atoms with E-state index in [4.69, 9.17) is 9.47 Å². The van der Waals surface area contributed by atoms with Gasteiger partial charge < -0.3 is 20.1 Å². The van der Waals surface area contributed by atoms with Crippen molar-refractivity contribution < 1.29 is 14.3 Å². The third-order valence-electron chi connectivity index (χ3n) is 3.47. The number of methoxy groups -OCH3 is 2. The van der Waals surface area contributed by atoms with Crippen LogP contribution < -0.4 is 20.1 Å². The van der Waals surface area contributed by atoms with Crippen molar-refractivity contribution >= 4 is 6.03 Å². The van der Waals surface area contributed by atoms with E-state index in [0.717, 1.165) is 23.5 Å². The molecule has 0 saturated heterocycles. The highest BCUT2D eigenvalue weighted by molar-refractivity contribution is 5.73. The average Bonchev–Trinajstić information content (AvgIpc) is 2.60. The monoisotopic (exact) mass is 314 g/mol. The SMILES string of the molecule is COc1ccc(OC)c(CNC(=O)NCCc2ccccc2)c1. The largest absolute Gasteiger partial charge is 0.497 e. The van der Waals surface area contributed by atoms with Crippen LogP contribution in [0, 0.1) is 0 Å². The summed E-state index contributed by atoms with van der Waals surface area (Å²) in [6, 6.07) is 15.3. The minimum absolute atomic E-state index is 0.203. The normalized spacial score (nSPS) is 10.0. The molecule has 0 aliphatic heterocycles. The van der Waals surface area contributed by atoms with E-state index in [2.05, 4.69) is 10.6 Å². The molecule has 2 aromatic rings. The number of hydrogen-bond acceptors (Lipinski definition) is 3. The molecule has 0 spiro atoms. The van der Waals surface area contributed by atoms with Crippen molar-refractivity contribution in [2.24, 2.45) is 0 Å². The van der Waals surface area contributed by atoms with Gasteiger partial charge in [0.2, 0.25) is 0 Å². The van der Waals surface area contributed by atoms with Gasteiger partial charge in [0.05, 0.1) is 14.2 Å². The number of ether oxygens (including phenoxy) is 2. The molecule has 122 valence electrons. The summed E-state index contributed by atoms with van der Waals surface area (Å²) in [6.45, 7) is 0.961. The van der Waals surface area contributed by atoms with Crippen LogP contribution in [0.2, 0.25) is 0 Å². The molecule has 0 aliphatic rings. The van der Waals surface area contributed by atoms with E-state index in [1.54, 1.807) is 14.2 Å². The van der Waals surface area contributed by atoms with Crippen LogP contribution in [0.25, 0.3) is 0 Å². The molecule has 2 aromatic carbocycles. The molecule has 0 bridgehead atoms. The Hall–Kier alpha value is -2.69. The van der Waals surface area contributed by atoms with Crippen molar-refractivity contribution in [2.75, 3.05) is 20.8 Å². The van der Waals surface area contributed by atoms with Crippen molar-refractivity contribution in [3.8, 4) is 11.5 Å². The third-order valence-corrected chi connectivity index (χ3v) is 3.47. The zero-order valence-electron chi connectivity index (χ0n) is 13.5. The molecule has 5 nitrogen and oxygen atoms in total. The molecule has 0 radical (unpaired) electrons. The molecule has 0 aromatic heterocycles. The highest BCUT2D eigenvalue weighted by Crippen LogP contribution is 2.23. The zero-order chi connectivity index (χ0) is 16.5. The number of benzene rings is 2. The van der Waals surface area contributed by atoms with Gasteiger partial charge in [0, 0.05) is 18.7 Å². The van der Waals surface area contributed by atoms with Crippen LogP contribution in [0.15, 0.2) is 48.5 Å². The molecule has 23 heavy (non-hydrogen) atoms. The number of nitrogens with one attached hydrogen (secondary N) is 2. The first-order chi connectivity index (χ1) is 11.2. The summed E-state index contributed by atoms with van der Waals surface area (Å²) in [6.07, 6.45) is 0.802. The molecule has 0 heterocycles. The first kappa shape index (κ1) is 16.7. The molecule has 0 aliphatic carbocycles. The van der Waals surface area contributed by atoms with E-state index in [9.17, 15) is 4.79 Å². The van der Waals surface area contributed by atoms with Gasteiger partial charge in [-0.15, -0.1) is 0 Å². The summed E-state index contributed by atoms with van der Waals surface area (Å²) < 4.78 is 10.5. The molecule has 0 unspecified atom stereocenters. The van der Waals surface area contributed by atoms with E-state index in [1.807, 2.05) is 48.5 Å². The maximum Gasteiger partial charge on any atom is 0.315 e. The Kier molecular flexibility index (Phi) is 6.29. The highest BCUT2D eigenvalue weighted by atomic mass is 16.5. The number of amides is 2. The number of carbonyl (C=O) groups is 1. The Morgan fingerprint density at radius 1 is 1.00 bits per heavy atom. The van der Waals surface area contributed by atoms with Crippen LogP contribution >= 0.6 is 0 Å². The van der Waals surface area contributed by atoms with Crippen LogP contribution in [-0.2, 0) is 13.0 Å². The minimum Gasteiger partial charge on any atom is -0.497 e. The summed E-state index contributed by atoms with van der Waals surface area (Å²) in [5.74, 6) is 1.45. The molecule has 0 atom stereocenters. The third kappa shape index (κ3) is 5.21. The Morgan fingerprint density at radius 2 is 1.78 bits per heavy atom. The topological polar surface area (TPSA) is 59.6 Å². The smallest absolute Gasteiger partial charge is 0.315 e. The van der Waals surface area contributed by atoms with Gasteiger partial charge in [-0.3, -0.25) is 0 Å². The zero-order valence-corrected chi connectivity index (χ0v) is 13.5. The molecule has 5 heteroatoms. The molecular weight excluding hydrogens is 292 g/mol. The number of hydrogen-bond donors (Lipinski definition) is 2. The standard InChI is InChI=1S/C18H22N2O3/c1-22-16-8-9-17(23-2)15(12-16)13-20-18(21)19-11-10-14-6-4-3-5-7-14/h3-9,12H,10-11,13H2,1-2H3,(H2,19,20,21). The minimum atomic E-state index is -0.203. The van der Waals surface area contributed by atoms with Gasteiger partial charge in [-0.2, -0.15) is 0 Å². The average molecular weight is 314 g/mol. The highest BCUT2D eigenvalue weighted by Gasteiger charge is 2.07. The van der Waals surface area contributed by atoms with Crippen LogP contribution in [0.1, 0.15) is 11.1 Å². The molecule has 0 saturated carbocycles. The van der Waals surface area contributed by atoms with Gasteiger partial charge in [0.15, 0.2) is 0 Å². The van der Waals surface area contributed by atoms with Crippen LogP contribution in [-0.4, -0.2) is 26.8 Å². The number of urea groups is 1. The van der Waals surface area contributed by atoms with E-state index in [-0.39, 0.29) is 6.03 Å². The van der Waals surface area contributed by atoms with Gasteiger partial charge in [-0.05, 0) is 30.2 Å². The van der Waals surface area contributed by atoms with Gasteiger partial charge in [0.1, 0.15) is 11.5 Å². The van der Waals surface area contributed by atoms with Crippen molar-refractivity contribution in [1.29, 1.82) is 0 Å². The second-order valence-corrected chi connectivity index (χ2v) is 5.02. The lowest BCUT2D eigenvalue weighted by Gasteiger charge is -2.12. The first-order valence-electron chi connectivity index (χ1n) is 7.49. The lowest BCUT2D eigenvalue weighted by Crippen LogP contribution is -2.36. The van der Waals surface area contributed by atoms with Crippen molar-refractivity contribution in [1.82, 2.24) is 10.6 Å². The Labute approximate surface area is 136 Å². The lowest BCUT2D eigenvalue weighted by atomic mass is 10.1. The Morgan fingerprint density at radius 3 is 2.48 bits per heavy atom. The maximum absolute atomic E-state index is 11.9. The molecule has 0 fully saturated rings. The Bertz CT molecular complexity index is 629. The predicted molar refractivity (Wildman–Crippen MR) is 89.9 cm³/mol. The molecular formula is C18H22N2O3. The quantitative estimate of drug-likeness (QED) is 0.826. The van der Waals surface area contributed by atoms with Crippen LogP contribution in [0.3, 0.4) is 0 Å². The predicted octanol–water partition coefficient (Wildman–Crippen LogP) is 2.75. The number of rotatable bonds is 7. The van der Waals surface area contributed by atoms with Gasteiger partial charge in [-0.1, -0.05) is 30.3 Å². The second-order valence-electron chi connectivity index (χ2n) is 5.02. The molecule has 2 N–H and O–H groups in total. The van der Waals surface area contributed by atoms with E-state index >= 15 is 0 Å². The van der Waals surface area contributed by atoms with Gasteiger partial charge in [0.25, 0.3) is 0 Å². The van der Waals surface area contributed by atoms with Crippen molar-refractivity contribution in [2.45, 2.75) is 13.0 Å². The van der Waals surface area contributed by atoms with E-state index in [1.165, 1.54) is 5.56 Å². The fourth-order valence-electron chi connectivity index (χ4n) is 2.22. The van der Waals surface area contributed by atoms with Crippen LogP contribution in [0.5, 0.6) is 11.5 Å². The maximum atomic E-state index is 11.9. The van der Waals surface area contributed by atoms with Gasteiger partial charge in [-0.25, -0.2) is 4.79 Å². The lowest BCUT2D eigenvalue weighted by molar-refractivity contribution is 0.240. The fraction of sp³-hybridized carbons (Fsp3) is 0.278. The summed E-state index contributed by atoms with van der Waals surface area (Å²) >= 11 is 0. The van der Waals surface area contributed by atoms with Gasteiger partial charge >= 0.3 is 6.03 Å². The fourth-order valence-corrected chi connectivity index (χ4v) is 2.22. The van der Waals surface area contributed by atoms with Crippen molar-refractivity contribution in [3.63, 3.8) is 0 Å². The second kappa shape index (κ2) is 8.68. The van der Waals surface area contributed by atoms with Crippen LogP contribution in [0.4, 0.5) is 4.79 Å². The summed E-state index contributed by atoms with van der Waals surface area (Å²) in [7, 11) is 3.21.